The van der Waals surface area contributed by atoms with Crippen LogP contribution in [0.25, 0.3) is 0 Å². The summed E-state index contributed by atoms with van der Waals surface area (Å²) in [6.45, 7) is 3.01. The second kappa shape index (κ2) is 7.26. The second-order valence-corrected chi connectivity index (χ2v) is 6.78. The summed E-state index contributed by atoms with van der Waals surface area (Å²) in [5, 5.41) is 7.01. The van der Waals surface area contributed by atoms with Crippen LogP contribution in [0, 0.1) is 6.92 Å². The van der Waals surface area contributed by atoms with E-state index in [1.54, 1.807) is 17.9 Å². The lowest BCUT2D eigenvalue weighted by Crippen LogP contribution is -2.47. The molecular formula is C19H21N7O2. The van der Waals surface area contributed by atoms with E-state index in [0.717, 1.165) is 17.2 Å². The van der Waals surface area contributed by atoms with Crippen molar-refractivity contribution in [3.8, 4) is 0 Å². The van der Waals surface area contributed by atoms with Gasteiger partial charge in [0.2, 0.25) is 5.82 Å². The topological polar surface area (TPSA) is 97.9 Å². The molecule has 0 unspecified atom stereocenters. The summed E-state index contributed by atoms with van der Waals surface area (Å²) in [5.41, 5.74) is 1.06. The zero-order chi connectivity index (χ0) is 19.7. The molecule has 9 heteroatoms. The number of nitrogens with one attached hydrogen (secondary N) is 1. The normalized spacial score (nSPS) is 16.6. The molecule has 0 spiro atoms. The van der Waals surface area contributed by atoms with Gasteiger partial charge in [0.1, 0.15) is 24.0 Å². The quantitative estimate of drug-likeness (QED) is 0.729. The highest BCUT2D eigenvalue weighted by Gasteiger charge is 2.31. The summed E-state index contributed by atoms with van der Waals surface area (Å²) in [6, 6.07) is 9.15. The fourth-order valence-electron chi connectivity index (χ4n) is 3.33. The Morgan fingerprint density at radius 2 is 2.04 bits per heavy atom. The summed E-state index contributed by atoms with van der Waals surface area (Å²) in [4.78, 5) is 35.2. The Kier molecular flexibility index (Phi) is 4.64. The Hall–Kier alpha value is -3.49. The summed E-state index contributed by atoms with van der Waals surface area (Å²) >= 11 is 0. The molecule has 28 heavy (non-hydrogen) atoms. The number of amides is 2. The third-order valence-corrected chi connectivity index (χ3v) is 4.88. The van der Waals surface area contributed by atoms with Gasteiger partial charge in [-0.3, -0.25) is 14.5 Å². The largest absolute Gasteiger partial charge is 0.337 e. The minimum absolute atomic E-state index is 0.0492. The molecule has 1 atom stereocenters. The van der Waals surface area contributed by atoms with Gasteiger partial charge in [0.05, 0.1) is 12.7 Å². The molecule has 3 heterocycles. The van der Waals surface area contributed by atoms with Gasteiger partial charge in [-0.1, -0.05) is 30.3 Å². The Morgan fingerprint density at radius 1 is 1.25 bits per heavy atom. The number of hydrogen-bond acceptors (Lipinski definition) is 5. The Balaban J connectivity index is 1.44. The highest BCUT2D eigenvalue weighted by Crippen LogP contribution is 2.21. The highest BCUT2D eigenvalue weighted by molar-refractivity contribution is 6.00. The molecule has 4 rings (SSSR count). The molecule has 0 saturated carbocycles. The first-order valence-corrected chi connectivity index (χ1v) is 9.07. The number of aromatic nitrogens is 5. The predicted octanol–water partition coefficient (Wildman–Crippen LogP) is 0.996. The number of likely N-dealkylation sites (N-methyl/N-ethyl adjacent to an activating group) is 1. The van der Waals surface area contributed by atoms with Gasteiger partial charge in [-0.15, -0.1) is 5.10 Å². The maximum atomic E-state index is 12.8. The highest BCUT2D eigenvalue weighted by atomic mass is 16.2. The molecule has 0 radical (unpaired) electrons. The number of carbonyl (C=O) groups excluding carboxylic acids is 2. The van der Waals surface area contributed by atoms with Crippen LogP contribution in [0.1, 0.15) is 28.4 Å². The molecule has 1 N–H and O–H groups in total. The first kappa shape index (κ1) is 17.9. The molecular weight excluding hydrogens is 358 g/mol. The molecule has 0 saturated heterocycles. The third-order valence-electron chi connectivity index (χ3n) is 4.88. The van der Waals surface area contributed by atoms with Crippen molar-refractivity contribution in [3.63, 3.8) is 0 Å². The van der Waals surface area contributed by atoms with Crippen LogP contribution >= 0.6 is 0 Å². The lowest BCUT2D eigenvalue weighted by Gasteiger charge is -2.19. The zero-order valence-electron chi connectivity index (χ0n) is 15.7. The van der Waals surface area contributed by atoms with Gasteiger partial charge in [-0.25, -0.2) is 14.6 Å². The zero-order valence-corrected chi connectivity index (χ0v) is 15.7. The summed E-state index contributed by atoms with van der Waals surface area (Å²) in [6.07, 6.45) is 3.66. The van der Waals surface area contributed by atoms with Crippen molar-refractivity contribution in [2.75, 3.05) is 11.9 Å². The van der Waals surface area contributed by atoms with E-state index in [9.17, 15) is 9.59 Å². The molecule has 2 aromatic heterocycles. The number of imidazole rings is 1. The molecule has 1 aliphatic heterocycles. The van der Waals surface area contributed by atoms with Crippen molar-refractivity contribution in [3.05, 3.63) is 60.1 Å². The van der Waals surface area contributed by atoms with Crippen molar-refractivity contribution in [1.82, 2.24) is 29.6 Å². The van der Waals surface area contributed by atoms with Crippen LogP contribution in [0.3, 0.4) is 0 Å². The van der Waals surface area contributed by atoms with E-state index in [-0.39, 0.29) is 11.7 Å². The van der Waals surface area contributed by atoms with E-state index in [2.05, 4.69) is 20.4 Å². The van der Waals surface area contributed by atoms with E-state index < -0.39 is 11.9 Å². The van der Waals surface area contributed by atoms with Gasteiger partial charge < -0.3 is 9.88 Å². The van der Waals surface area contributed by atoms with Crippen LogP contribution in [-0.4, -0.2) is 49.2 Å². The maximum Gasteiger partial charge on any atom is 0.291 e. The molecule has 0 bridgehead atoms. The molecule has 144 valence electrons. The number of aryl methyl sites for hydroxylation is 1. The van der Waals surface area contributed by atoms with Gasteiger partial charge >= 0.3 is 0 Å². The Labute approximate surface area is 162 Å². The Morgan fingerprint density at radius 3 is 2.82 bits per heavy atom. The van der Waals surface area contributed by atoms with Gasteiger partial charge in [0.25, 0.3) is 11.8 Å². The molecule has 1 aliphatic rings. The monoisotopic (exact) mass is 379 g/mol. The predicted molar refractivity (Wildman–Crippen MR) is 102 cm³/mol. The van der Waals surface area contributed by atoms with Crippen molar-refractivity contribution in [1.29, 1.82) is 0 Å². The van der Waals surface area contributed by atoms with E-state index >= 15 is 0 Å². The molecule has 0 fully saturated rings. The number of benzene rings is 1. The fourth-order valence-corrected chi connectivity index (χ4v) is 3.33. The first-order valence-electron chi connectivity index (χ1n) is 9.07. The lowest BCUT2D eigenvalue weighted by molar-refractivity contribution is -0.120. The van der Waals surface area contributed by atoms with Crippen LogP contribution < -0.4 is 10.2 Å². The van der Waals surface area contributed by atoms with Crippen molar-refractivity contribution < 1.29 is 9.59 Å². The van der Waals surface area contributed by atoms with E-state index in [0.29, 0.717) is 19.5 Å². The van der Waals surface area contributed by atoms with E-state index in [1.807, 2.05) is 41.8 Å². The number of nitrogens with zero attached hydrogens (tertiary/aromatic N) is 6. The minimum Gasteiger partial charge on any atom is -0.337 e. The number of fused-ring (bicyclic) bond motifs is 1. The maximum absolute atomic E-state index is 12.8. The molecule has 2 amide bonds. The Bertz CT molecular complexity index is 1010. The number of rotatable bonds is 4. The van der Waals surface area contributed by atoms with E-state index in [4.69, 9.17) is 0 Å². The molecule has 1 aromatic carbocycles. The summed E-state index contributed by atoms with van der Waals surface area (Å²) in [5.74, 6) is 0.969. The SMILES string of the molecule is Cc1ncc2n1CC[C@H](NC(=O)c1ncn(Cc3ccccc3)n1)C(=O)N2C. The van der Waals surface area contributed by atoms with Crippen LogP contribution in [0.2, 0.25) is 0 Å². The molecule has 0 aliphatic carbocycles. The third kappa shape index (κ3) is 3.38. The lowest BCUT2D eigenvalue weighted by atomic mass is 10.2. The van der Waals surface area contributed by atoms with Crippen LogP contribution in [0.4, 0.5) is 5.82 Å². The minimum atomic E-state index is -0.641. The van der Waals surface area contributed by atoms with Crippen molar-refractivity contribution in [2.24, 2.45) is 0 Å². The number of carbonyl (C=O) groups is 2. The summed E-state index contributed by atoms with van der Waals surface area (Å²) < 4.78 is 3.57. The second-order valence-electron chi connectivity index (χ2n) is 6.78. The van der Waals surface area contributed by atoms with E-state index in [1.165, 1.54) is 11.2 Å². The van der Waals surface area contributed by atoms with Gasteiger partial charge in [0.15, 0.2) is 0 Å². The average molecular weight is 379 g/mol. The molecule has 3 aromatic rings. The fraction of sp³-hybridized carbons (Fsp3) is 0.316. The summed E-state index contributed by atoms with van der Waals surface area (Å²) in [7, 11) is 1.69. The van der Waals surface area contributed by atoms with Crippen LogP contribution in [-0.2, 0) is 17.9 Å². The smallest absolute Gasteiger partial charge is 0.291 e. The van der Waals surface area contributed by atoms with Crippen LogP contribution in [0.5, 0.6) is 0 Å². The van der Waals surface area contributed by atoms with Crippen molar-refractivity contribution in [2.45, 2.75) is 32.5 Å². The van der Waals surface area contributed by atoms with Crippen molar-refractivity contribution >= 4 is 17.6 Å². The molecule has 9 nitrogen and oxygen atoms in total. The average Bonchev–Trinajstić information content (AvgIpc) is 3.28. The van der Waals surface area contributed by atoms with Gasteiger partial charge in [-0.05, 0) is 18.9 Å². The van der Waals surface area contributed by atoms with Gasteiger partial charge in [0, 0.05) is 13.6 Å². The first-order chi connectivity index (χ1) is 13.5. The van der Waals surface area contributed by atoms with Gasteiger partial charge in [-0.2, -0.15) is 0 Å². The number of anilines is 1. The number of hydrogen-bond donors (Lipinski definition) is 1. The standard InChI is InChI=1S/C19H21N7O2/c1-13-20-10-16-24(2)19(28)15(8-9-26(13)16)22-18(27)17-21-12-25(23-17)11-14-6-4-3-5-7-14/h3-7,10,12,15H,8-9,11H2,1-2H3,(H,22,27)/t15-/m0/s1. The van der Waals surface area contributed by atoms with Crippen LogP contribution in [0.15, 0.2) is 42.9 Å².